The van der Waals surface area contributed by atoms with Crippen molar-refractivity contribution in [3.63, 3.8) is 0 Å². The molecule has 1 atom stereocenters. The van der Waals surface area contributed by atoms with Gasteiger partial charge in [0, 0.05) is 23.8 Å². The van der Waals surface area contributed by atoms with Crippen LogP contribution in [0.2, 0.25) is 0 Å². The van der Waals surface area contributed by atoms with Crippen molar-refractivity contribution in [2.24, 2.45) is 5.92 Å². The molecule has 0 aliphatic carbocycles. The molecule has 0 aromatic carbocycles. The van der Waals surface area contributed by atoms with Gasteiger partial charge in [0.15, 0.2) is 4.96 Å². The summed E-state index contributed by atoms with van der Waals surface area (Å²) in [7, 11) is 0. The van der Waals surface area contributed by atoms with Crippen molar-refractivity contribution in [2.45, 2.75) is 39.7 Å². The van der Waals surface area contributed by atoms with E-state index in [1.54, 1.807) is 11.3 Å². The molecule has 3 nitrogen and oxygen atoms in total. The molecule has 2 rings (SSSR count). The highest BCUT2D eigenvalue weighted by Gasteiger charge is 2.12. The second kappa shape index (κ2) is 5.65. The van der Waals surface area contributed by atoms with E-state index in [4.69, 9.17) is 0 Å². The van der Waals surface area contributed by atoms with E-state index in [0.717, 1.165) is 24.3 Å². The number of thiazole rings is 1. The molecular weight excluding hydrogens is 230 g/mol. The minimum atomic E-state index is 0.597. The van der Waals surface area contributed by atoms with Crippen molar-refractivity contribution in [1.82, 2.24) is 14.7 Å². The fourth-order valence-electron chi connectivity index (χ4n) is 2.13. The van der Waals surface area contributed by atoms with Gasteiger partial charge in [-0.2, -0.15) is 0 Å². The van der Waals surface area contributed by atoms with Crippen molar-refractivity contribution in [2.75, 3.05) is 6.54 Å². The number of nitrogens with zero attached hydrogens (tertiary/aromatic N) is 2. The number of aryl methyl sites for hydroxylation is 1. The van der Waals surface area contributed by atoms with Gasteiger partial charge in [-0.05, 0) is 25.3 Å². The Labute approximate surface area is 107 Å². The molecule has 0 saturated heterocycles. The standard InChI is InChI=1S/C13H21N3S/c1-4-14-12(10(2)3)6-5-11-9-16-7-8-17-13(16)15-11/h7-10,12,14H,4-6H2,1-3H3. The average molecular weight is 251 g/mol. The zero-order valence-corrected chi connectivity index (χ0v) is 11.6. The third kappa shape index (κ3) is 3.07. The molecule has 17 heavy (non-hydrogen) atoms. The Morgan fingerprint density at radius 2 is 2.29 bits per heavy atom. The third-order valence-electron chi connectivity index (χ3n) is 3.13. The lowest BCUT2D eigenvalue weighted by Crippen LogP contribution is -2.34. The molecule has 0 radical (unpaired) electrons. The van der Waals surface area contributed by atoms with Crippen LogP contribution in [-0.4, -0.2) is 22.0 Å². The summed E-state index contributed by atoms with van der Waals surface area (Å²) < 4.78 is 2.11. The fourth-order valence-corrected chi connectivity index (χ4v) is 2.85. The van der Waals surface area contributed by atoms with Crippen LogP contribution >= 0.6 is 11.3 Å². The number of fused-ring (bicyclic) bond motifs is 1. The Hall–Kier alpha value is -0.870. The summed E-state index contributed by atoms with van der Waals surface area (Å²) in [6.07, 6.45) is 6.44. The van der Waals surface area contributed by atoms with Crippen molar-refractivity contribution in [3.05, 3.63) is 23.5 Å². The average Bonchev–Trinajstić information content (AvgIpc) is 2.83. The zero-order valence-electron chi connectivity index (χ0n) is 10.8. The minimum absolute atomic E-state index is 0.597. The monoisotopic (exact) mass is 251 g/mol. The van der Waals surface area contributed by atoms with Gasteiger partial charge in [-0.25, -0.2) is 4.98 Å². The van der Waals surface area contributed by atoms with E-state index >= 15 is 0 Å². The third-order valence-corrected chi connectivity index (χ3v) is 3.90. The van der Waals surface area contributed by atoms with Gasteiger partial charge < -0.3 is 5.32 Å². The molecule has 0 aliphatic heterocycles. The van der Waals surface area contributed by atoms with Crippen molar-refractivity contribution in [1.29, 1.82) is 0 Å². The second-order valence-corrected chi connectivity index (χ2v) is 5.64. The quantitative estimate of drug-likeness (QED) is 0.855. The number of aromatic nitrogens is 2. The first kappa shape index (κ1) is 12.6. The molecule has 2 heterocycles. The van der Waals surface area contributed by atoms with Gasteiger partial charge in [-0.3, -0.25) is 4.40 Å². The zero-order chi connectivity index (χ0) is 12.3. The topological polar surface area (TPSA) is 29.3 Å². The van der Waals surface area contributed by atoms with Crippen LogP contribution in [0.15, 0.2) is 17.8 Å². The highest BCUT2D eigenvalue weighted by Crippen LogP contribution is 2.14. The minimum Gasteiger partial charge on any atom is -0.314 e. The van der Waals surface area contributed by atoms with E-state index in [0.29, 0.717) is 12.0 Å². The molecule has 0 saturated carbocycles. The second-order valence-electron chi connectivity index (χ2n) is 4.77. The molecule has 0 fully saturated rings. The van der Waals surface area contributed by atoms with E-state index in [9.17, 15) is 0 Å². The lowest BCUT2D eigenvalue weighted by molar-refractivity contribution is 0.384. The summed E-state index contributed by atoms with van der Waals surface area (Å²) in [6, 6.07) is 0.597. The molecule has 2 aromatic rings. The first-order valence-corrected chi connectivity index (χ1v) is 7.23. The van der Waals surface area contributed by atoms with Crippen molar-refractivity contribution < 1.29 is 0 Å². The van der Waals surface area contributed by atoms with Gasteiger partial charge >= 0.3 is 0 Å². The van der Waals surface area contributed by atoms with Gasteiger partial charge in [0.05, 0.1) is 5.69 Å². The number of hydrogen-bond donors (Lipinski definition) is 1. The Morgan fingerprint density at radius 1 is 1.47 bits per heavy atom. The molecular formula is C13H21N3S. The van der Waals surface area contributed by atoms with Crippen LogP contribution in [0.1, 0.15) is 32.9 Å². The predicted octanol–water partition coefficient (Wildman–Crippen LogP) is 2.96. The van der Waals surface area contributed by atoms with Crippen LogP contribution in [0, 0.1) is 5.92 Å². The number of rotatable bonds is 6. The first-order valence-electron chi connectivity index (χ1n) is 6.35. The predicted molar refractivity (Wildman–Crippen MR) is 73.7 cm³/mol. The summed E-state index contributed by atoms with van der Waals surface area (Å²) >= 11 is 1.70. The van der Waals surface area contributed by atoms with Crippen LogP contribution < -0.4 is 5.32 Å². The Kier molecular flexibility index (Phi) is 4.18. The van der Waals surface area contributed by atoms with E-state index < -0.39 is 0 Å². The number of nitrogens with one attached hydrogen (secondary N) is 1. The summed E-state index contributed by atoms with van der Waals surface area (Å²) in [4.78, 5) is 5.72. The van der Waals surface area contributed by atoms with Gasteiger partial charge in [0.1, 0.15) is 0 Å². The van der Waals surface area contributed by atoms with Gasteiger partial charge in [0.25, 0.3) is 0 Å². The summed E-state index contributed by atoms with van der Waals surface area (Å²) in [5, 5.41) is 5.62. The number of imidazole rings is 1. The number of hydrogen-bond acceptors (Lipinski definition) is 3. The Bertz CT molecular complexity index is 429. The molecule has 0 amide bonds. The van der Waals surface area contributed by atoms with Crippen molar-refractivity contribution >= 4 is 16.3 Å². The molecule has 1 N–H and O–H groups in total. The van der Waals surface area contributed by atoms with Crippen LogP contribution in [0.4, 0.5) is 0 Å². The molecule has 0 aliphatic rings. The summed E-state index contributed by atoms with van der Waals surface area (Å²) in [6.45, 7) is 7.77. The fraction of sp³-hybridized carbons (Fsp3) is 0.615. The lowest BCUT2D eigenvalue weighted by Gasteiger charge is -2.21. The molecule has 4 heteroatoms. The maximum atomic E-state index is 4.62. The normalized spacial score (nSPS) is 13.6. The van der Waals surface area contributed by atoms with Crippen molar-refractivity contribution in [3.8, 4) is 0 Å². The van der Waals surface area contributed by atoms with Crippen LogP contribution in [0.25, 0.3) is 4.96 Å². The van der Waals surface area contributed by atoms with Crippen LogP contribution in [-0.2, 0) is 6.42 Å². The maximum Gasteiger partial charge on any atom is 0.193 e. The van der Waals surface area contributed by atoms with Gasteiger partial charge in [0.2, 0.25) is 0 Å². The largest absolute Gasteiger partial charge is 0.314 e. The van der Waals surface area contributed by atoms with E-state index in [1.807, 2.05) is 0 Å². The van der Waals surface area contributed by atoms with Crippen LogP contribution in [0.3, 0.4) is 0 Å². The van der Waals surface area contributed by atoms with Crippen LogP contribution in [0.5, 0.6) is 0 Å². The SMILES string of the molecule is CCNC(CCc1cn2ccsc2n1)C(C)C. The highest BCUT2D eigenvalue weighted by molar-refractivity contribution is 7.15. The highest BCUT2D eigenvalue weighted by atomic mass is 32.1. The Balaban J connectivity index is 1.94. The van der Waals surface area contributed by atoms with Gasteiger partial charge in [-0.1, -0.05) is 20.8 Å². The molecule has 0 spiro atoms. The summed E-state index contributed by atoms with van der Waals surface area (Å²) in [5.74, 6) is 0.679. The first-order chi connectivity index (χ1) is 8.20. The summed E-state index contributed by atoms with van der Waals surface area (Å²) in [5.41, 5.74) is 1.21. The Morgan fingerprint density at radius 3 is 2.94 bits per heavy atom. The maximum absolute atomic E-state index is 4.62. The van der Waals surface area contributed by atoms with E-state index in [2.05, 4.69) is 53.2 Å². The molecule has 94 valence electrons. The molecule has 0 bridgehead atoms. The van der Waals surface area contributed by atoms with E-state index in [-0.39, 0.29) is 0 Å². The lowest BCUT2D eigenvalue weighted by atomic mass is 9.98. The molecule has 2 aromatic heterocycles. The smallest absolute Gasteiger partial charge is 0.193 e. The molecule has 1 unspecified atom stereocenters. The van der Waals surface area contributed by atoms with E-state index in [1.165, 1.54) is 5.69 Å². The van der Waals surface area contributed by atoms with Gasteiger partial charge in [-0.15, -0.1) is 11.3 Å².